The van der Waals surface area contributed by atoms with Crippen LogP contribution in [0.5, 0.6) is 0 Å². The second-order valence-electron chi connectivity index (χ2n) is 6.21. The van der Waals surface area contributed by atoms with Crippen LogP contribution < -0.4 is 5.32 Å². The first-order chi connectivity index (χ1) is 12.8. The fraction of sp³-hybridized carbons (Fsp3) is 0.250. The van der Waals surface area contributed by atoms with Crippen molar-refractivity contribution in [1.29, 1.82) is 0 Å². The maximum Gasteiger partial charge on any atom is 0.267 e. The minimum atomic E-state index is -3.03. The monoisotopic (exact) mass is 387 g/mol. The molecule has 7 heteroatoms. The quantitative estimate of drug-likeness (QED) is 0.573. The number of nitrogens with one attached hydrogen (secondary N) is 1. The van der Waals surface area contributed by atoms with Crippen molar-refractivity contribution in [1.82, 2.24) is 9.97 Å². The minimum Gasteiger partial charge on any atom is -0.322 e. The predicted octanol–water partition coefficient (Wildman–Crippen LogP) is 5.68. The number of anilines is 1. The molecule has 0 saturated carbocycles. The smallest absolute Gasteiger partial charge is 0.267 e. The Morgan fingerprint density at radius 3 is 2.67 bits per heavy atom. The van der Waals surface area contributed by atoms with Crippen molar-refractivity contribution in [2.45, 2.75) is 33.1 Å². The van der Waals surface area contributed by atoms with Crippen molar-refractivity contribution in [2.24, 2.45) is 0 Å². The van der Waals surface area contributed by atoms with Crippen LogP contribution in [0, 0.1) is 0 Å². The number of aromatic nitrogens is 2. The summed E-state index contributed by atoms with van der Waals surface area (Å²) in [7, 11) is 0. The second-order valence-corrected chi connectivity index (χ2v) is 7.24. The van der Waals surface area contributed by atoms with Gasteiger partial charge in [0.2, 0.25) is 0 Å². The molecule has 1 amide bonds. The normalized spacial score (nSPS) is 12.8. The van der Waals surface area contributed by atoms with E-state index >= 15 is 0 Å². The SMILES string of the molecule is CC/C(=C(\C)C(=O)Nc1ccccc1-c1nc2ccncc2s1)C(C)(F)F. The summed E-state index contributed by atoms with van der Waals surface area (Å²) in [5, 5.41) is 3.49. The molecule has 0 aliphatic heterocycles. The number of nitrogens with zero attached hydrogens (tertiary/aromatic N) is 2. The lowest BCUT2D eigenvalue weighted by atomic mass is 10.0. The van der Waals surface area contributed by atoms with Crippen LogP contribution in [0.2, 0.25) is 0 Å². The van der Waals surface area contributed by atoms with Crippen LogP contribution in [0.3, 0.4) is 0 Å². The molecule has 27 heavy (non-hydrogen) atoms. The van der Waals surface area contributed by atoms with E-state index < -0.39 is 11.8 Å². The fourth-order valence-electron chi connectivity index (χ4n) is 2.93. The Labute approximate surface area is 160 Å². The van der Waals surface area contributed by atoms with Crippen LogP contribution in [0.25, 0.3) is 20.8 Å². The van der Waals surface area contributed by atoms with Gasteiger partial charge in [0.1, 0.15) is 5.01 Å². The average molecular weight is 387 g/mol. The molecule has 0 saturated heterocycles. The summed E-state index contributed by atoms with van der Waals surface area (Å²) in [5.41, 5.74) is 1.96. The first-order valence-electron chi connectivity index (χ1n) is 8.50. The lowest BCUT2D eigenvalue weighted by Gasteiger charge is -2.17. The van der Waals surface area contributed by atoms with E-state index in [0.29, 0.717) is 5.69 Å². The molecule has 0 spiro atoms. The number of amides is 1. The maximum atomic E-state index is 13.7. The number of carbonyl (C=O) groups excluding carboxylic acids is 1. The van der Waals surface area contributed by atoms with E-state index in [1.54, 1.807) is 31.5 Å². The Bertz CT molecular complexity index is 988. The molecule has 0 fully saturated rings. The molecular formula is C20H19F2N3OS. The van der Waals surface area contributed by atoms with Gasteiger partial charge in [0.15, 0.2) is 0 Å². The summed E-state index contributed by atoms with van der Waals surface area (Å²) in [4.78, 5) is 21.3. The van der Waals surface area contributed by atoms with Crippen molar-refractivity contribution < 1.29 is 13.6 Å². The third-order valence-electron chi connectivity index (χ3n) is 4.27. The Hall–Kier alpha value is -2.67. The Balaban J connectivity index is 1.97. The molecule has 0 aliphatic rings. The van der Waals surface area contributed by atoms with E-state index in [9.17, 15) is 13.6 Å². The van der Waals surface area contributed by atoms with Crippen LogP contribution in [-0.4, -0.2) is 21.8 Å². The fourth-order valence-corrected chi connectivity index (χ4v) is 3.90. The molecule has 2 heterocycles. The van der Waals surface area contributed by atoms with E-state index in [1.807, 2.05) is 18.2 Å². The molecule has 140 valence electrons. The summed E-state index contributed by atoms with van der Waals surface area (Å²) < 4.78 is 28.4. The molecule has 3 aromatic rings. The number of carbonyl (C=O) groups is 1. The molecule has 0 aliphatic carbocycles. The number of pyridine rings is 1. The number of benzene rings is 1. The van der Waals surface area contributed by atoms with Gasteiger partial charge < -0.3 is 5.32 Å². The highest BCUT2D eigenvalue weighted by Crippen LogP contribution is 2.35. The number of hydrogen-bond acceptors (Lipinski definition) is 4. The molecule has 1 aromatic carbocycles. The van der Waals surface area contributed by atoms with Crippen LogP contribution in [0.15, 0.2) is 53.9 Å². The van der Waals surface area contributed by atoms with Gasteiger partial charge in [-0.1, -0.05) is 19.1 Å². The van der Waals surface area contributed by atoms with E-state index in [4.69, 9.17) is 0 Å². The largest absolute Gasteiger partial charge is 0.322 e. The van der Waals surface area contributed by atoms with Gasteiger partial charge in [-0.3, -0.25) is 9.78 Å². The van der Waals surface area contributed by atoms with Crippen molar-refractivity contribution >= 4 is 33.1 Å². The first kappa shape index (κ1) is 19.1. The van der Waals surface area contributed by atoms with Crippen LogP contribution in [0.1, 0.15) is 27.2 Å². The van der Waals surface area contributed by atoms with Gasteiger partial charge >= 0.3 is 0 Å². The van der Waals surface area contributed by atoms with Gasteiger partial charge in [-0.05, 0) is 31.5 Å². The summed E-state index contributed by atoms with van der Waals surface area (Å²) in [6.45, 7) is 3.86. The lowest BCUT2D eigenvalue weighted by Crippen LogP contribution is -2.22. The van der Waals surface area contributed by atoms with E-state index in [0.717, 1.165) is 27.7 Å². The first-order valence-corrected chi connectivity index (χ1v) is 9.32. The van der Waals surface area contributed by atoms with Crippen molar-refractivity contribution in [3.05, 3.63) is 53.9 Å². The highest BCUT2D eigenvalue weighted by Gasteiger charge is 2.30. The second kappa shape index (κ2) is 7.52. The van der Waals surface area contributed by atoms with Gasteiger partial charge in [-0.2, -0.15) is 0 Å². The predicted molar refractivity (Wildman–Crippen MR) is 105 cm³/mol. The highest BCUT2D eigenvalue weighted by molar-refractivity contribution is 7.21. The topological polar surface area (TPSA) is 54.9 Å². The number of hydrogen-bond donors (Lipinski definition) is 1. The number of para-hydroxylation sites is 1. The highest BCUT2D eigenvalue weighted by atomic mass is 32.1. The van der Waals surface area contributed by atoms with Crippen LogP contribution >= 0.6 is 11.3 Å². The molecule has 1 N–H and O–H groups in total. The van der Waals surface area contributed by atoms with Crippen molar-refractivity contribution in [3.8, 4) is 10.6 Å². The molecule has 0 bridgehead atoms. The Kier molecular flexibility index (Phi) is 5.32. The molecule has 2 aromatic heterocycles. The summed E-state index contributed by atoms with van der Waals surface area (Å²) in [6, 6.07) is 9.02. The molecule has 3 rings (SSSR count). The van der Waals surface area contributed by atoms with Gasteiger partial charge in [0.05, 0.1) is 15.9 Å². The van der Waals surface area contributed by atoms with Gasteiger partial charge in [-0.25, -0.2) is 13.8 Å². The third-order valence-corrected chi connectivity index (χ3v) is 5.31. The number of allylic oxidation sites excluding steroid dienone is 1. The zero-order valence-corrected chi connectivity index (χ0v) is 16.0. The van der Waals surface area contributed by atoms with Crippen molar-refractivity contribution in [2.75, 3.05) is 5.32 Å². The van der Waals surface area contributed by atoms with Gasteiger partial charge in [-0.15, -0.1) is 11.3 Å². The standard InChI is InChI=1S/C20H19F2N3OS/c1-4-14(20(3,21)22)12(2)18(26)24-15-8-6-5-7-13(15)19-25-16-9-10-23-11-17(16)27-19/h5-11H,4H2,1-3H3,(H,24,26)/b14-12-. The minimum absolute atomic E-state index is 0.0355. The van der Waals surface area contributed by atoms with E-state index in [1.165, 1.54) is 18.3 Å². The number of thiazole rings is 1. The number of halogens is 2. The zero-order chi connectivity index (χ0) is 19.6. The van der Waals surface area contributed by atoms with Crippen LogP contribution in [0.4, 0.5) is 14.5 Å². The third kappa shape index (κ3) is 4.03. The summed E-state index contributed by atoms with van der Waals surface area (Å²) in [6.07, 6.45) is 3.52. The van der Waals surface area contributed by atoms with E-state index in [-0.39, 0.29) is 17.6 Å². The van der Waals surface area contributed by atoms with Gasteiger partial charge in [0, 0.05) is 36.0 Å². The number of rotatable bonds is 5. The summed E-state index contributed by atoms with van der Waals surface area (Å²) in [5.74, 6) is -3.57. The summed E-state index contributed by atoms with van der Waals surface area (Å²) >= 11 is 1.46. The average Bonchev–Trinajstić information content (AvgIpc) is 3.05. The van der Waals surface area contributed by atoms with E-state index in [2.05, 4.69) is 15.3 Å². The van der Waals surface area contributed by atoms with Crippen LogP contribution in [-0.2, 0) is 4.79 Å². The Morgan fingerprint density at radius 2 is 2.00 bits per heavy atom. The van der Waals surface area contributed by atoms with Gasteiger partial charge in [0.25, 0.3) is 11.8 Å². The maximum absolute atomic E-state index is 13.7. The molecule has 0 unspecified atom stereocenters. The number of alkyl halides is 2. The molecular weight excluding hydrogens is 368 g/mol. The lowest BCUT2D eigenvalue weighted by molar-refractivity contribution is -0.113. The number of fused-ring (bicyclic) bond motifs is 1. The molecule has 0 atom stereocenters. The molecule has 4 nitrogen and oxygen atoms in total. The molecule has 0 radical (unpaired) electrons. The van der Waals surface area contributed by atoms with Crippen molar-refractivity contribution in [3.63, 3.8) is 0 Å². The zero-order valence-electron chi connectivity index (χ0n) is 15.2. The Morgan fingerprint density at radius 1 is 1.26 bits per heavy atom.